The van der Waals surface area contributed by atoms with E-state index >= 15 is 0 Å². The topological polar surface area (TPSA) is 66.8 Å². The minimum absolute atomic E-state index is 0.0103. The number of methoxy groups -OCH3 is 1. The van der Waals surface area contributed by atoms with Crippen LogP contribution >= 0.6 is 23.2 Å². The van der Waals surface area contributed by atoms with E-state index < -0.39 is 11.9 Å². The number of nitrogens with zero attached hydrogens (tertiary/aromatic N) is 1. The normalized spacial score (nSPS) is 15.6. The van der Waals surface area contributed by atoms with E-state index in [1.165, 1.54) is 24.2 Å². The van der Waals surface area contributed by atoms with Crippen LogP contribution in [0.5, 0.6) is 5.75 Å². The van der Waals surface area contributed by atoms with Gasteiger partial charge in [-0.1, -0.05) is 41.4 Å². The highest BCUT2D eigenvalue weighted by molar-refractivity contribution is 6.35. The van der Waals surface area contributed by atoms with Crippen LogP contribution in [0.1, 0.15) is 12.5 Å². The summed E-state index contributed by atoms with van der Waals surface area (Å²) in [7, 11) is 1.24. The molecule has 2 aromatic carbocycles. The van der Waals surface area contributed by atoms with Crippen molar-refractivity contribution in [3.8, 4) is 5.75 Å². The van der Waals surface area contributed by atoms with Crippen LogP contribution in [0.25, 0.3) is 6.08 Å². The van der Waals surface area contributed by atoms with Gasteiger partial charge in [0.05, 0.1) is 23.9 Å². The quantitative estimate of drug-likeness (QED) is 0.601. The summed E-state index contributed by atoms with van der Waals surface area (Å²) in [6, 6.07) is 11.2. The van der Waals surface area contributed by atoms with Gasteiger partial charge in [0.25, 0.3) is 5.91 Å². The molecule has 1 amide bonds. The summed E-state index contributed by atoms with van der Waals surface area (Å²) in [5.74, 6) is -1.11. The second-order valence-corrected chi connectivity index (χ2v) is 6.71. The van der Waals surface area contributed by atoms with Crippen molar-refractivity contribution in [2.24, 2.45) is 0 Å². The van der Waals surface area contributed by atoms with Crippen LogP contribution < -0.4 is 4.90 Å². The molecule has 0 bridgehead atoms. The lowest BCUT2D eigenvalue weighted by Crippen LogP contribution is -2.24. The van der Waals surface area contributed by atoms with E-state index in [0.717, 1.165) is 0 Å². The first-order chi connectivity index (χ1) is 12.8. The van der Waals surface area contributed by atoms with Crippen LogP contribution in [0.3, 0.4) is 0 Å². The molecular weight excluding hydrogens is 389 g/mol. The fourth-order valence-electron chi connectivity index (χ4n) is 2.92. The molecule has 0 radical (unpaired) electrons. The second kappa shape index (κ2) is 7.47. The number of aromatic hydroxyl groups is 1. The molecule has 0 atom stereocenters. The SMILES string of the molecule is COC(=O)C1=C(C)N(c2cc(Cl)cc(Cl)c2)C(=O)/C1=C\c1ccccc1O. The van der Waals surface area contributed by atoms with Crippen molar-refractivity contribution in [3.05, 3.63) is 74.9 Å². The van der Waals surface area contributed by atoms with Crippen LogP contribution in [0.15, 0.2) is 59.3 Å². The van der Waals surface area contributed by atoms with Crippen LogP contribution in [0, 0.1) is 0 Å². The first kappa shape index (κ1) is 19.0. The van der Waals surface area contributed by atoms with Crippen molar-refractivity contribution in [2.45, 2.75) is 6.92 Å². The van der Waals surface area contributed by atoms with Gasteiger partial charge in [-0.05, 0) is 37.3 Å². The molecular formula is C20H15Cl2NO4. The summed E-state index contributed by atoms with van der Waals surface area (Å²) in [5, 5.41) is 10.7. The third kappa shape index (κ3) is 3.56. The molecule has 0 fully saturated rings. The van der Waals surface area contributed by atoms with Crippen LogP contribution in [0.2, 0.25) is 10.0 Å². The van der Waals surface area contributed by atoms with E-state index in [-0.39, 0.29) is 16.9 Å². The Hall–Kier alpha value is -2.76. The van der Waals surface area contributed by atoms with Crippen molar-refractivity contribution >= 4 is 46.8 Å². The van der Waals surface area contributed by atoms with E-state index in [1.807, 2.05) is 0 Å². The number of benzene rings is 2. The Bertz CT molecular complexity index is 991. The maximum absolute atomic E-state index is 13.1. The van der Waals surface area contributed by atoms with E-state index in [9.17, 15) is 14.7 Å². The maximum atomic E-state index is 13.1. The van der Waals surface area contributed by atoms with Crippen LogP contribution in [-0.2, 0) is 14.3 Å². The lowest BCUT2D eigenvalue weighted by atomic mass is 10.0. The highest BCUT2D eigenvalue weighted by Gasteiger charge is 2.38. The Morgan fingerprint density at radius 2 is 1.78 bits per heavy atom. The zero-order valence-electron chi connectivity index (χ0n) is 14.5. The van der Waals surface area contributed by atoms with Gasteiger partial charge in [-0.15, -0.1) is 0 Å². The molecule has 138 valence electrons. The fraction of sp³-hybridized carbons (Fsp3) is 0.100. The third-order valence-corrected chi connectivity index (χ3v) is 4.57. The number of anilines is 1. The molecule has 0 saturated heterocycles. The molecule has 1 heterocycles. The van der Waals surface area contributed by atoms with E-state index in [1.54, 1.807) is 43.3 Å². The smallest absolute Gasteiger partial charge is 0.340 e. The number of allylic oxidation sites excluding steroid dienone is 1. The summed E-state index contributed by atoms with van der Waals surface area (Å²) >= 11 is 12.1. The van der Waals surface area contributed by atoms with E-state index in [0.29, 0.717) is 27.0 Å². The Balaban J connectivity index is 2.19. The van der Waals surface area contributed by atoms with E-state index in [2.05, 4.69) is 0 Å². The molecule has 0 aromatic heterocycles. The van der Waals surface area contributed by atoms with Crippen molar-refractivity contribution in [1.82, 2.24) is 0 Å². The van der Waals surface area contributed by atoms with Gasteiger partial charge in [-0.3, -0.25) is 9.69 Å². The van der Waals surface area contributed by atoms with Gasteiger partial charge in [0.2, 0.25) is 0 Å². The highest BCUT2D eigenvalue weighted by atomic mass is 35.5. The van der Waals surface area contributed by atoms with Crippen molar-refractivity contribution in [3.63, 3.8) is 0 Å². The van der Waals surface area contributed by atoms with Crippen molar-refractivity contribution in [2.75, 3.05) is 12.0 Å². The van der Waals surface area contributed by atoms with Gasteiger partial charge >= 0.3 is 5.97 Å². The van der Waals surface area contributed by atoms with Gasteiger partial charge in [0.15, 0.2) is 0 Å². The number of carbonyl (C=O) groups is 2. The number of phenolic OH excluding ortho intramolecular Hbond substituents is 1. The number of amides is 1. The number of phenols is 1. The summed E-state index contributed by atoms with van der Waals surface area (Å²) in [5.41, 5.74) is 1.43. The number of hydrogen-bond acceptors (Lipinski definition) is 4. The van der Waals surface area contributed by atoms with Gasteiger partial charge in [0.1, 0.15) is 5.75 Å². The number of para-hydroxylation sites is 1. The summed E-state index contributed by atoms with van der Waals surface area (Å²) in [6.07, 6.45) is 1.46. The minimum atomic E-state index is -0.654. The van der Waals surface area contributed by atoms with Gasteiger partial charge in [-0.2, -0.15) is 0 Å². The predicted molar refractivity (Wildman–Crippen MR) is 105 cm³/mol. The Morgan fingerprint density at radius 1 is 1.15 bits per heavy atom. The Morgan fingerprint density at radius 3 is 2.37 bits per heavy atom. The number of hydrogen-bond donors (Lipinski definition) is 1. The summed E-state index contributed by atoms with van der Waals surface area (Å²) < 4.78 is 4.85. The van der Waals surface area contributed by atoms with Crippen LogP contribution in [0.4, 0.5) is 5.69 Å². The minimum Gasteiger partial charge on any atom is -0.507 e. The number of ether oxygens (including phenoxy) is 1. The average Bonchev–Trinajstić information content (AvgIpc) is 2.85. The molecule has 0 saturated carbocycles. The molecule has 2 aromatic rings. The van der Waals surface area contributed by atoms with Gasteiger partial charge in [0, 0.05) is 21.3 Å². The number of carbonyl (C=O) groups excluding carboxylic acids is 2. The lowest BCUT2D eigenvalue weighted by Gasteiger charge is -2.18. The monoisotopic (exact) mass is 403 g/mol. The zero-order valence-corrected chi connectivity index (χ0v) is 16.0. The molecule has 1 aliphatic rings. The first-order valence-electron chi connectivity index (χ1n) is 7.93. The molecule has 27 heavy (non-hydrogen) atoms. The van der Waals surface area contributed by atoms with Crippen molar-refractivity contribution in [1.29, 1.82) is 0 Å². The Kier molecular flexibility index (Phi) is 5.26. The Labute approximate surface area is 166 Å². The molecule has 0 unspecified atom stereocenters. The third-order valence-electron chi connectivity index (χ3n) is 4.13. The van der Waals surface area contributed by atoms with E-state index in [4.69, 9.17) is 27.9 Å². The van der Waals surface area contributed by atoms with Crippen molar-refractivity contribution < 1.29 is 19.4 Å². The molecule has 7 heteroatoms. The lowest BCUT2D eigenvalue weighted by molar-refractivity contribution is -0.136. The molecule has 1 aliphatic heterocycles. The molecule has 1 N–H and O–H groups in total. The highest BCUT2D eigenvalue weighted by Crippen LogP contribution is 2.38. The largest absolute Gasteiger partial charge is 0.507 e. The standard InChI is InChI=1S/C20H15Cl2NO4/c1-11-18(20(26)27-2)16(7-12-5-3-4-6-17(12)24)19(25)23(11)15-9-13(21)8-14(22)10-15/h3-10,24H,1-2H3/b16-7-. The zero-order chi connectivity index (χ0) is 19.7. The number of esters is 1. The molecule has 0 spiro atoms. The molecule has 3 rings (SSSR count). The number of halogens is 2. The molecule has 0 aliphatic carbocycles. The maximum Gasteiger partial charge on any atom is 0.340 e. The van der Waals surface area contributed by atoms with Crippen LogP contribution in [-0.4, -0.2) is 24.1 Å². The van der Waals surface area contributed by atoms with Gasteiger partial charge < -0.3 is 9.84 Å². The average molecular weight is 404 g/mol. The summed E-state index contributed by atoms with van der Waals surface area (Å²) in [6.45, 7) is 1.63. The van der Waals surface area contributed by atoms with Gasteiger partial charge in [-0.25, -0.2) is 4.79 Å². The molecule has 5 nitrogen and oxygen atoms in total. The fourth-order valence-corrected chi connectivity index (χ4v) is 3.44. The number of rotatable bonds is 3. The first-order valence-corrected chi connectivity index (χ1v) is 8.69. The predicted octanol–water partition coefficient (Wildman–Crippen LogP) is 4.58. The second-order valence-electron chi connectivity index (χ2n) is 5.84. The summed E-state index contributed by atoms with van der Waals surface area (Å²) in [4.78, 5) is 26.8.